The number of H-pyrrole nitrogens is 1. The second kappa shape index (κ2) is 7.30. The zero-order valence-electron chi connectivity index (χ0n) is 17.3. The summed E-state index contributed by atoms with van der Waals surface area (Å²) in [6, 6.07) is 7.27. The zero-order valence-corrected chi connectivity index (χ0v) is 18.1. The van der Waals surface area contributed by atoms with Crippen LogP contribution in [0.25, 0.3) is 10.9 Å². The maximum Gasteiger partial charge on any atom is 0.273 e. The summed E-state index contributed by atoms with van der Waals surface area (Å²) < 4.78 is 54.9. The summed E-state index contributed by atoms with van der Waals surface area (Å²) in [4.78, 5) is 14.8. The van der Waals surface area contributed by atoms with Gasteiger partial charge in [0.1, 0.15) is 10.3 Å². The number of pyridine rings is 1. The lowest BCUT2D eigenvalue weighted by molar-refractivity contribution is 0.495. The highest BCUT2D eigenvalue weighted by Crippen LogP contribution is 2.40. The summed E-state index contributed by atoms with van der Waals surface area (Å²) in [7, 11) is -4.00. The quantitative estimate of drug-likeness (QED) is 0.638. The van der Waals surface area contributed by atoms with Crippen molar-refractivity contribution in [3.05, 3.63) is 93.6 Å². The smallest absolute Gasteiger partial charge is 0.273 e. The SMILES string of the molecule is CC1=CC(C(C)c2cccc(F)c2F)=CCC1(C)S(=O)(=O)n1ccc2cc[nH]c(=O)c21. The lowest BCUT2D eigenvalue weighted by Gasteiger charge is -2.34. The first kappa shape index (κ1) is 21.2. The van der Waals surface area contributed by atoms with Crippen LogP contribution < -0.4 is 5.56 Å². The number of aromatic amines is 1. The van der Waals surface area contributed by atoms with Gasteiger partial charge in [-0.3, -0.25) is 4.79 Å². The molecule has 4 rings (SSSR count). The van der Waals surface area contributed by atoms with Crippen molar-refractivity contribution in [2.75, 3.05) is 0 Å². The topological polar surface area (TPSA) is 71.9 Å². The Morgan fingerprint density at radius 3 is 2.65 bits per heavy atom. The number of rotatable bonds is 4. The summed E-state index contributed by atoms with van der Waals surface area (Å²) in [5.74, 6) is -2.27. The van der Waals surface area contributed by atoms with Gasteiger partial charge in [-0.25, -0.2) is 21.2 Å². The van der Waals surface area contributed by atoms with Gasteiger partial charge in [0.25, 0.3) is 5.56 Å². The van der Waals surface area contributed by atoms with Gasteiger partial charge in [0.05, 0.1) is 0 Å². The fourth-order valence-corrected chi connectivity index (χ4v) is 5.91. The molecule has 31 heavy (non-hydrogen) atoms. The van der Waals surface area contributed by atoms with E-state index in [2.05, 4.69) is 4.98 Å². The van der Waals surface area contributed by atoms with Crippen LogP contribution >= 0.6 is 0 Å². The number of benzene rings is 1. The molecule has 0 spiro atoms. The van der Waals surface area contributed by atoms with E-state index in [-0.39, 0.29) is 17.5 Å². The molecular formula is C23H22F2N2O3S. The Balaban J connectivity index is 1.75. The molecule has 0 fully saturated rings. The minimum Gasteiger partial charge on any atom is -0.327 e. The van der Waals surface area contributed by atoms with Crippen LogP contribution in [0.15, 0.2) is 70.8 Å². The van der Waals surface area contributed by atoms with Crippen molar-refractivity contribution in [3.63, 3.8) is 0 Å². The molecule has 162 valence electrons. The monoisotopic (exact) mass is 444 g/mol. The summed E-state index contributed by atoms with van der Waals surface area (Å²) in [5.41, 5.74) is 1.07. The van der Waals surface area contributed by atoms with E-state index in [1.54, 1.807) is 45.1 Å². The maximum atomic E-state index is 14.3. The average molecular weight is 445 g/mol. The average Bonchev–Trinajstić information content (AvgIpc) is 3.18. The fourth-order valence-electron chi connectivity index (χ4n) is 4.07. The van der Waals surface area contributed by atoms with Crippen molar-refractivity contribution < 1.29 is 17.2 Å². The predicted octanol–water partition coefficient (Wildman–Crippen LogP) is 4.62. The molecule has 3 aromatic rings. The summed E-state index contributed by atoms with van der Waals surface area (Å²) in [5, 5.41) is 0.528. The third kappa shape index (κ3) is 3.17. The zero-order chi connectivity index (χ0) is 22.6. The van der Waals surface area contributed by atoms with E-state index in [1.165, 1.54) is 24.5 Å². The minimum atomic E-state index is -4.00. The molecule has 1 N–H and O–H groups in total. The lowest BCUT2D eigenvalue weighted by Crippen LogP contribution is -2.42. The number of nitrogens with zero attached hydrogens (tertiary/aromatic N) is 1. The molecule has 2 unspecified atom stereocenters. The first-order valence-electron chi connectivity index (χ1n) is 9.84. The van der Waals surface area contributed by atoms with Crippen molar-refractivity contribution >= 4 is 20.9 Å². The van der Waals surface area contributed by atoms with Crippen LogP contribution in [-0.4, -0.2) is 22.1 Å². The molecule has 0 saturated carbocycles. The van der Waals surface area contributed by atoms with Crippen molar-refractivity contribution in [3.8, 4) is 0 Å². The molecule has 2 atom stereocenters. The molecule has 0 radical (unpaired) electrons. The molecule has 5 nitrogen and oxygen atoms in total. The van der Waals surface area contributed by atoms with E-state index >= 15 is 0 Å². The summed E-state index contributed by atoms with van der Waals surface area (Å²) >= 11 is 0. The molecule has 1 aliphatic rings. The van der Waals surface area contributed by atoms with Gasteiger partial charge in [-0.05, 0) is 49.6 Å². The first-order chi connectivity index (χ1) is 14.6. The standard InChI is InChI=1S/C23H22F2N2O3S/c1-14-13-17(15(2)18-5-4-6-19(24)20(18)25)7-10-23(14,3)31(29,30)27-12-9-16-8-11-26-22(28)21(16)27/h4-9,11-13,15H,10H2,1-3H3,(H,26,28). The van der Waals surface area contributed by atoms with Crippen LogP contribution in [-0.2, 0) is 10.0 Å². The Bertz CT molecular complexity index is 1420. The molecule has 2 heterocycles. The Kier molecular flexibility index (Phi) is 5.00. The summed E-state index contributed by atoms with van der Waals surface area (Å²) in [6.45, 7) is 5.07. The van der Waals surface area contributed by atoms with Gasteiger partial charge in [-0.2, -0.15) is 0 Å². The Labute approximate surface area is 178 Å². The number of fused-ring (bicyclic) bond motifs is 1. The van der Waals surface area contributed by atoms with Gasteiger partial charge < -0.3 is 4.98 Å². The van der Waals surface area contributed by atoms with Crippen molar-refractivity contribution in [2.24, 2.45) is 0 Å². The number of allylic oxidation sites excluding steroid dienone is 3. The fraction of sp³-hybridized carbons (Fsp3) is 0.261. The number of aromatic nitrogens is 2. The molecular weight excluding hydrogens is 422 g/mol. The van der Waals surface area contributed by atoms with Crippen LogP contribution in [0, 0.1) is 11.6 Å². The Morgan fingerprint density at radius 2 is 1.94 bits per heavy atom. The molecule has 0 bridgehead atoms. The van der Waals surface area contributed by atoms with E-state index in [4.69, 9.17) is 0 Å². The van der Waals surface area contributed by atoms with Gasteiger partial charge in [-0.15, -0.1) is 0 Å². The molecule has 1 aliphatic carbocycles. The van der Waals surface area contributed by atoms with Crippen molar-refractivity contribution in [1.82, 2.24) is 8.96 Å². The normalized spacial score (nSPS) is 20.4. The molecule has 0 amide bonds. The predicted molar refractivity (Wildman–Crippen MR) is 117 cm³/mol. The van der Waals surface area contributed by atoms with Gasteiger partial charge in [-0.1, -0.05) is 36.8 Å². The van der Waals surface area contributed by atoms with Gasteiger partial charge in [0, 0.05) is 23.7 Å². The van der Waals surface area contributed by atoms with Gasteiger partial charge in [0.15, 0.2) is 11.6 Å². The highest BCUT2D eigenvalue weighted by molar-refractivity contribution is 7.91. The highest BCUT2D eigenvalue weighted by atomic mass is 32.2. The third-order valence-electron chi connectivity index (χ3n) is 6.30. The molecule has 2 aromatic heterocycles. The first-order valence-corrected chi connectivity index (χ1v) is 11.3. The number of hydrogen-bond acceptors (Lipinski definition) is 3. The van der Waals surface area contributed by atoms with Gasteiger partial charge in [0.2, 0.25) is 10.0 Å². The van der Waals surface area contributed by atoms with Crippen LogP contribution in [0.5, 0.6) is 0 Å². The van der Waals surface area contributed by atoms with Crippen molar-refractivity contribution in [1.29, 1.82) is 0 Å². The number of halogens is 2. The molecule has 8 heteroatoms. The Morgan fingerprint density at radius 1 is 1.19 bits per heavy atom. The van der Waals surface area contributed by atoms with Gasteiger partial charge >= 0.3 is 0 Å². The summed E-state index contributed by atoms with van der Waals surface area (Å²) in [6.07, 6.45) is 6.45. The third-order valence-corrected chi connectivity index (χ3v) is 8.75. The second-order valence-electron chi connectivity index (χ2n) is 8.06. The Hall–Kier alpha value is -3.00. The minimum absolute atomic E-state index is 0.0708. The molecule has 0 aliphatic heterocycles. The van der Waals surface area contributed by atoms with E-state index in [0.717, 1.165) is 10.0 Å². The molecule has 1 aromatic carbocycles. The van der Waals surface area contributed by atoms with Crippen LogP contribution in [0.2, 0.25) is 0 Å². The van der Waals surface area contributed by atoms with E-state index in [0.29, 0.717) is 16.5 Å². The van der Waals surface area contributed by atoms with Crippen LogP contribution in [0.4, 0.5) is 8.78 Å². The second-order valence-corrected chi connectivity index (χ2v) is 10.3. The van der Waals surface area contributed by atoms with E-state index in [1.807, 2.05) is 0 Å². The van der Waals surface area contributed by atoms with Crippen molar-refractivity contribution in [2.45, 2.75) is 37.9 Å². The number of nitrogens with one attached hydrogen (secondary N) is 1. The lowest BCUT2D eigenvalue weighted by atomic mass is 9.83. The van der Waals surface area contributed by atoms with E-state index < -0.39 is 37.9 Å². The maximum absolute atomic E-state index is 14.3. The van der Waals surface area contributed by atoms with Crippen LogP contribution in [0.3, 0.4) is 0 Å². The number of hydrogen-bond donors (Lipinski definition) is 1. The molecule has 0 saturated heterocycles. The largest absolute Gasteiger partial charge is 0.327 e. The van der Waals surface area contributed by atoms with Crippen LogP contribution in [0.1, 0.15) is 38.7 Å². The highest BCUT2D eigenvalue weighted by Gasteiger charge is 2.44. The van der Waals surface area contributed by atoms with E-state index in [9.17, 15) is 22.0 Å².